The van der Waals surface area contributed by atoms with Gasteiger partial charge in [-0.05, 0) is 26.3 Å². The van der Waals surface area contributed by atoms with Crippen LogP contribution < -0.4 is 15.5 Å². The number of alkyl halides is 1. The van der Waals surface area contributed by atoms with Gasteiger partial charge in [-0.25, -0.2) is 28.2 Å². The molecule has 2 atom stereocenters. The third kappa shape index (κ3) is 5.88. The van der Waals surface area contributed by atoms with Gasteiger partial charge in [0, 0.05) is 31.5 Å². The standard InChI is InChI=1S/C25H26ClF2N9O2/c1-25(2,39)21(28)11-31-23(38)18-9-29-19(17-10-34-37-12-14(26)6-30-22(17)37)5-20(18)35-16-3-4-36(13-16)24-32-7-15(27)8-33-24/h5-10,12,16,21,39H,3-4,11,13H2,1-2H3,(H,29,35)(H,31,38)/t16-,21-/m1/s1. The molecule has 1 aliphatic rings. The first kappa shape index (κ1) is 26.6. The molecule has 5 rings (SSSR count). The molecule has 0 radical (unpaired) electrons. The maximum absolute atomic E-state index is 14.3. The second-order valence-electron chi connectivity index (χ2n) is 9.82. The van der Waals surface area contributed by atoms with Crippen LogP contribution >= 0.6 is 11.6 Å². The summed E-state index contributed by atoms with van der Waals surface area (Å²) >= 11 is 6.03. The van der Waals surface area contributed by atoms with E-state index in [-0.39, 0.29) is 18.2 Å². The number of fused-ring (bicyclic) bond motifs is 1. The third-order valence-corrected chi connectivity index (χ3v) is 6.59. The van der Waals surface area contributed by atoms with E-state index in [0.29, 0.717) is 53.1 Å². The third-order valence-electron chi connectivity index (χ3n) is 6.40. The van der Waals surface area contributed by atoms with Gasteiger partial charge in [0.25, 0.3) is 5.91 Å². The van der Waals surface area contributed by atoms with Crippen LogP contribution in [0.15, 0.2) is 43.2 Å². The van der Waals surface area contributed by atoms with E-state index < -0.39 is 23.5 Å². The van der Waals surface area contributed by atoms with Crippen LogP contribution in [0.4, 0.5) is 20.4 Å². The van der Waals surface area contributed by atoms with Crippen LogP contribution in [0.5, 0.6) is 0 Å². The average molecular weight is 558 g/mol. The number of halogens is 3. The number of aliphatic hydroxyl groups is 1. The number of amides is 1. The minimum absolute atomic E-state index is 0.105. The van der Waals surface area contributed by atoms with Crippen LogP contribution in [0.3, 0.4) is 0 Å². The maximum atomic E-state index is 14.3. The first-order valence-electron chi connectivity index (χ1n) is 12.2. The lowest BCUT2D eigenvalue weighted by Gasteiger charge is -2.23. The van der Waals surface area contributed by atoms with E-state index >= 15 is 0 Å². The summed E-state index contributed by atoms with van der Waals surface area (Å²) in [5.41, 5.74) is 0.727. The Morgan fingerprint density at radius 3 is 2.72 bits per heavy atom. The number of hydrogen-bond acceptors (Lipinski definition) is 9. The minimum Gasteiger partial charge on any atom is -0.387 e. The fraction of sp³-hybridized carbons (Fsp3) is 0.360. The highest BCUT2D eigenvalue weighted by Crippen LogP contribution is 2.28. The van der Waals surface area contributed by atoms with Crippen molar-refractivity contribution >= 4 is 34.8 Å². The van der Waals surface area contributed by atoms with E-state index in [1.54, 1.807) is 18.5 Å². The number of carbonyl (C=O) groups excluding carboxylic acids is 1. The number of nitrogens with one attached hydrogen (secondary N) is 2. The van der Waals surface area contributed by atoms with Gasteiger partial charge < -0.3 is 20.6 Å². The average Bonchev–Trinajstić information content (AvgIpc) is 3.54. The summed E-state index contributed by atoms with van der Waals surface area (Å²) in [6, 6.07) is 1.61. The molecule has 0 aliphatic carbocycles. The molecule has 1 saturated heterocycles. The Hall–Kier alpha value is -3.97. The van der Waals surface area contributed by atoms with Crippen molar-refractivity contribution < 1.29 is 18.7 Å². The predicted octanol–water partition coefficient (Wildman–Crippen LogP) is 2.90. The normalized spacial score (nSPS) is 16.5. The van der Waals surface area contributed by atoms with E-state index in [1.165, 1.54) is 30.8 Å². The van der Waals surface area contributed by atoms with Crippen molar-refractivity contribution in [3.63, 3.8) is 0 Å². The van der Waals surface area contributed by atoms with Crippen molar-refractivity contribution in [3.05, 3.63) is 59.7 Å². The molecule has 0 bridgehead atoms. The molecule has 0 aromatic carbocycles. The van der Waals surface area contributed by atoms with Crippen LogP contribution in [-0.4, -0.2) is 78.0 Å². The first-order valence-corrected chi connectivity index (χ1v) is 12.6. The van der Waals surface area contributed by atoms with Gasteiger partial charge >= 0.3 is 0 Å². The number of aromatic nitrogens is 6. The van der Waals surface area contributed by atoms with Crippen LogP contribution in [0.2, 0.25) is 5.02 Å². The molecule has 1 fully saturated rings. The highest BCUT2D eigenvalue weighted by atomic mass is 35.5. The van der Waals surface area contributed by atoms with Crippen molar-refractivity contribution in [1.29, 1.82) is 0 Å². The highest BCUT2D eigenvalue weighted by molar-refractivity contribution is 6.30. The molecule has 5 heterocycles. The van der Waals surface area contributed by atoms with Gasteiger partial charge in [-0.2, -0.15) is 5.10 Å². The zero-order chi connectivity index (χ0) is 27.7. The minimum atomic E-state index is -1.67. The summed E-state index contributed by atoms with van der Waals surface area (Å²) < 4.78 is 29.1. The quantitative estimate of drug-likeness (QED) is 0.299. The van der Waals surface area contributed by atoms with Crippen molar-refractivity contribution in [2.24, 2.45) is 0 Å². The van der Waals surface area contributed by atoms with Gasteiger partial charge in [0.05, 0.1) is 64.5 Å². The van der Waals surface area contributed by atoms with Gasteiger partial charge in [-0.1, -0.05) is 11.6 Å². The molecular formula is C25H26ClF2N9O2. The Kier molecular flexibility index (Phi) is 7.28. The Morgan fingerprint density at radius 2 is 1.97 bits per heavy atom. The fourth-order valence-corrected chi connectivity index (χ4v) is 4.35. The fourth-order valence-electron chi connectivity index (χ4n) is 4.21. The Labute approximate surface area is 227 Å². The summed E-state index contributed by atoms with van der Waals surface area (Å²) in [7, 11) is 0. The summed E-state index contributed by atoms with van der Waals surface area (Å²) in [6.45, 7) is 3.42. The van der Waals surface area contributed by atoms with E-state index in [4.69, 9.17) is 11.6 Å². The van der Waals surface area contributed by atoms with Crippen molar-refractivity contribution in [2.45, 2.75) is 38.1 Å². The smallest absolute Gasteiger partial charge is 0.255 e. The van der Waals surface area contributed by atoms with Gasteiger partial charge in [0.1, 0.15) is 6.17 Å². The van der Waals surface area contributed by atoms with Crippen LogP contribution in [0, 0.1) is 5.82 Å². The number of rotatable bonds is 8. The van der Waals surface area contributed by atoms with Gasteiger partial charge in [0.15, 0.2) is 11.5 Å². The monoisotopic (exact) mass is 557 g/mol. The summed E-state index contributed by atoms with van der Waals surface area (Å²) in [5, 5.41) is 20.5. The number of anilines is 2. The summed E-state index contributed by atoms with van der Waals surface area (Å²) in [5.74, 6) is -0.659. The predicted molar refractivity (Wildman–Crippen MR) is 141 cm³/mol. The van der Waals surface area contributed by atoms with Crippen molar-refractivity contribution in [3.8, 4) is 11.3 Å². The van der Waals surface area contributed by atoms with Crippen molar-refractivity contribution in [1.82, 2.24) is 34.9 Å². The van der Waals surface area contributed by atoms with E-state index in [0.717, 1.165) is 12.4 Å². The van der Waals surface area contributed by atoms with E-state index in [9.17, 15) is 18.7 Å². The lowest BCUT2D eigenvalue weighted by atomic mass is 10.0. The molecule has 3 N–H and O–H groups in total. The van der Waals surface area contributed by atoms with Gasteiger partial charge in [-0.3, -0.25) is 9.78 Å². The topological polar surface area (TPSA) is 133 Å². The number of pyridine rings is 1. The zero-order valence-corrected chi connectivity index (χ0v) is 21.9. The second-order valence-corrected chi connectivity index (χ2v) is 10.3. The SMILES string of the molecule is CC(C)(O)[C@H](F)CNC(=O)c1cnc(-c2cnn3cc(Cl)cnc23)cc1N[C@@H]1CCN(c2ncc(F)cn2)C1. The molecule has 4 aromatic rings. The van der Waals surface area contributed by atoms with Crippen LogP contribution in [0.1, 0.15) is 30.6 Å². The lowest BCUT2D eigenvalue weighted by Crippen LogP contribution is -2.42. The number of nitrogens with zero attached hydrogens (tertiary/aromatic N) is 7. The Balaban J connectivity index is 1.42. The van der Waals surface area contributed by atoms with E-state index in [2.05, 4.69) is 35.7 Å². The maximum Gasteiger partial charge on any atom is 0.255 e. The largest absolute Gasteiger partial charge is 0.387 e. The number of carbonyl (C=O) groups is 1. The molecule has 39 heavy (non-hydrogen) atoms. The highest BCUT2D eigenvalue weighted by Gasteiger charge is 2.29. The molecule has 204 valence electrons. The first-order chi connectivity index (χ1) is 18.6. The lowest BCUT2D eigenvalue weighted by molar-refractivity contribution is -0.00177. The van der Waals surface area contributed by atoms with E-state index in [1.807, 2.05) is 4.90 Å². The summed E-state index contributed by atoms with van der Waals surface area (Å²) in [4.78, 5) is 31.9. The molecule has 4 aromatic heterocycles. The molecular weight excluding hydrogens is 532 g/mol. The van der Waals surface area contributed by atoms with Crippen LogP contribution in [-0.2, 0) is 0 Å². The molecule has 1 amide bonds. The molecule has 0 spiro atoms. The van der Waals surface area contributed by atoms with Gasteiger partial charge in [-0.15, -0.1) is 0 Å². The Bertz CT molecular complexity index is 1490. The van der Waals surface area contributed by atoms with Crippen LogP contribution in [0.25, 0.3) is 16.9 Å². The molecule has 14 heteroatoms. The number of hydrogen-bond donors (Lipinski definition) is 3. The van der Waals surface area contributed by atoms with Crippen molar-refractivity contribution in [2.75, 3.05) is 29.9 Å². The molecule has 0 saturated carbocycles. The van der Waals surface area contributed by atoms with Gasteiger partial charge in [0.2, 0.25) is 5.95 Å². The summed E-state index contributed by atoms with van der Waals surface area (Å²) in [6.07, 6.45) is 7.39. The molecule has 1 aliphatic heterocycles. The zero-order valence-electron chi connectivity index (χ0n) is 21.1. The molecule has 11 nitrogen and oxygen atoms in total. The Morgan fingerprint density at radius 1 is 1.21 bits per heavy atom. The second kappa shape index (κ2) is 10.7. The molecule has 0 unspecified atom stereocenters.